The molecule has 0 radical (unpaired) electrons. The van der Waals surface area contributed by atoms with E-state index in [0.29, 0.717) is 0 Å². The van der Waals surface area contributed by atoms with Gasteiger partial charge in [-0.05, 0) is 69.7 Å². The minimum Gasteiger partial charge on any atom is -0.369 e. The molecule has 5 heteroatoms. The van der Waals surface area contributed by atoms with Crippen molar-refractivity contribution >= 4 is 23.2 Å². The molecule has 0 aliphatic carbocycles. The molecule has 1 atom stereocenters. The van der Waals surface area contributed by atoms with E-state index in [1.54, 1.807) is 6.92 Å². The lowest BCUT2D eigenvalue weighted by atomic mass is 9.81. The van der Waals surface area contributed by atoms with Crippen LogP contribution >= 0.6 is 0 Å². The molecule has 1 aliphatic heterocycles. The summed E-state index contributed by atoms with van der Waals surface area (Å²) < 4.78 is 0. The van der Waals surface area contributed by atoms with Crippen LogP contribution in [0.2, 0.25) is 0 Å². The SMILES string of the molecule is Cc1cc2c(cc1C)NC(C)(C(=O)NC(C)(C)CC(C)(C)C)CC(=O)N2. The average molecular weight is 360 g/mol. The molecule has 144 valence electrons. The van der Waals surface area contributed by atoms with E-state index in [-0.39, 0.29) is 29.2 Å². The van der Waals surface area contributed by atoms with Gasteiger partial charge in [0, 0.05) is 5.54 Å². The Balaban J connectivity index is 2.30. The molecule has 1 aromatic rings. The van der Waals surface area contributed by atoms with Crippen LogP contribution in [0.1, 0.15) is 65.5 Å². The van der Waals surface area contributed by atoms with E-state index in [2.05, 4.69) is 36.7 Å². The molecular formula is C21H33N3O2. The summed E-state index contributed by atoms with van der Waals surface area (Å²) in [6.45, 7) is 16.3. The molecule has 0 spiro atoms. The molecule has 1 heterocycles. The Morgan fingerprint density at radius 2 is 1.65 bits per heavy atom. The summed E-state index contributed by atoms with van der Waals surface area (Å²) in [6.07, 6.45) is 0.917. The maximum atomic E-state index is 13.1. The largest absolute Gasteiger partial charge is 0.369 e. The number of carbonyl (C=O) groups is 2. The van der Waals surface area contributed by atoms with E-state index < -0.39 is 5.54 Å². The quantitative estimate of drug-likeness (QED) is 0.759. The van der Waals surface area contributed by atoms with E-state index in [1.807, 2.05) is 39.8 Å². The maximum Gasteiger partial charge on any atom is 0.246 e. The summed E-state index contributed by atoms with van der Waals surface area (Å²) in [6, 6.07) is 3.94. The number of hydrogen-bond acceptors (Lipinski definition) is 3. The number of nitrogens with one attached hydrogen (secondary N) is 3. The number of benzene rings is 1. The smallest absolute Gasteiger partial charge is 0.246 e. The van der Waals surface area contributed by atoms with Crippen LogP contribution in [-0.4, -0.2) is 22.9 Å². The van der Waals surface area contributed by atoms with Crippen molar-refractivity contribution in [3.63, 3.8) is 0 Å². The lowest BCUT2D eigenvalue weighted by molar-refractivity contribution is -0.130. The van der Waals surface area contributed by atoms with Crippen LogP contribution in [0.4, 0.5) is 11.4 Å². The summed E-state index contributed by atoms with van der Waals surface area (Å²) >= 11 is 0. The molecule has 1 aliphatic rings. The topological polar surface area (TPSA) is 70.2 Å². The van der Waals surface area contributed by atoms with E-state index in [0.717, 1.165) is 28.9 Å². The Morgan fingerprint density at radius 3 is 2.19 bits per heavy atom. The lowest BCUT2D eigenvalue weighted by Crippen LogP contribution is -2.57. The van der Waals surface area contributed by atoms with Crippen LogP contribution in [0, 0.1) is 19.3 Å². The number of amides is 2. The molecule has 1 unspecified atom stereocenters. The van der Waals surface area contributed by atoms with Crippen LogP contribution in [0.3, 0.4) is 0 Å². The monoisotopic (exact) mass is 359 g/mol. The van der Waals surface area contributed by atoms with Gasteiger partial charge in [-0.2, -0.15) is 0 Å². The first kappa shape index (κ1) is 20.3. The van der Waals surface area contributed by atoms with Gasteiger partial charge in [0.2, 0.25) is 11.8 Å². The van der Waals surface area contributed by atoms with Crippen LogP contribution < -0.4 is 16.0 Å². The van der Waals surface area contributed by atoms with Crippen LogP contribution in [0.25, 0.3) is 0 Å². The fraction of sp³-hybridized carbons (Fsp3) is 0.619. The standard InChI is InChI=1S/C21H33N3O2/c1-13-9-15-16(10-14(13)2)23-21(8,11-17(25)22-15)18(26)24-20(6,7)12-19(3,4)5/h9-10,23H,11-12H2,1-8H3,(H,22,25)(H,24,26). The third-order valence-corrected chi connectivity index (χ3v) is 4.76. The van der Waals surface area contributed by atoms with Gasteiger partial charge in [0.15, 0.2) is 0 Å². The van der Waals surface area contributed by atoms with Gasteiger partial charge in [-0.1, -0.05) is 20.8 Å². The van der Waals surface area contributed by atoms with E-state index >= 15 is 0 Å². The molecule has 1 aromatic carbocycles. The van der Waals surface area contributed by atoms with Crippen molar-refractivity contribution in [2.45, 2.75) is 79.3 Å². The average Bonchev–Trinajstić information content (AvgIpc) is 2.52. The minimum absolute atomic E-state index is 0.0806. The van der Waals surface area contributed by atoms with Gasteiger partial charge in [0.25, 0.3) is 0 Å². The summed E-state index contributed by atoms with van der Waals surface area (Å²) in [5.74, 6) is -0.321. The zero-order chi connectivity index (χ0) is 19.9. The fourth-order valence-electron chi connectivity index (χ4n) is 3.83. The number of hydrogen-bond donors (Lipinski definition) is 3. The number of rotatable bonds is 3. The lowest BCUT2D eigenvalue weighted by Gasteiger charge is -2.37. The van der Waals surface area contributed by atoms with E-state index in [1.165, 1.54) is 0 Å². The zero-order valence-corrected chi connectivity index (χ0v) is 17.4. The molecule has 2 amide bonds. The predicted molar refractivity (Wildman–Crippen MR) is 107 cm³/mol. The first-order chi connectivity index (χ1) is 11.7. The molecule has 0 aromatic heterocycles. The van der Waals surface area contributed by atoms with Crippen LogP contribution in [0.5, 0.6) is 0 Å². The van der Waals surface area contributed by atoms with Crippen molar-refractivity contribution in [1.82, 2.24) is 5.32 Å². The molecule has 0 fully saturated rings. The van der Waals surface area contributed by atoms with Gasteiger partial charge in [-0.15, -0.1) is 0 Å². The van der Waals surface area contributed by atoms with E-state index in [4.69, 9.17) is 0 Å². The molecule has 0 saturated heterocycles. The highest BCUT2D eigenvalue weighted by Crippen LogP contribution is 2.34. The number of aryl methyl sites for hydroxylation is 2. The summed E-state index contributed by atoms with van der Waals surface area (Å²) in [4.78, 5) is 25.6. The van der Waals surface area contributed by atoms with Crippen molar-refractivity contribution in [1.29, 1.82) is 0 Å². The molecule has 3 N–H and O–H groups in total. The Hall–Kier alpha value is -2.04. The molecule has 5 nitrogen and oxygen atoms in total. The predicted octanol–water partition coefficient (Wildman–Crippen LogP) is 4.15. The van der Waals surface area contributed by atoms with Crippen molar-refractivity contribution < 1.29 is 9.59 Å². The third-order valence-electron chi connectivity index (χ3n) is 4.76. The van der Waals surface area contributed by atoms with Gasteiger partial charge in [0.1, 0.15) is 5.54 Å². The molecule has 0 saturated carbocycles. The normalized spacial score (nSPS) is 20.5. The molecule has 0 bridgehead atoms. The first-order valence-electron chi connectivity index (χ1n) is 9.23. The molecule has 2 rings (SSSR count). The van der Waals surface area contributed by atoms with Gasteiger partial charge in [-0.25, -0.2) is 0 Å². The van der Waals surface area contributed by atoms with Gasteiger partial charge in [0.05, 0.1) is 17.8 Å². The van der Waals surface area contributed by atoms with Crippen LogP contribution in [0.15, 0.2) is 12.1 Å². The van der Waals surface area contributed by atoms with Crippen LogP contribution in [-0.2, 0) is 9.59 Å². The number of carbonyl (C=O) groups excluding carboxylic acids is 2. The summed E-state index contributed by atoms with van der Waals surface area (Å²) in [5, 5.41) is 9.39. The second kappa shape index (κ2) is 6.60. The van der Waals surface area contributed by atoms with Gasteiger partial charge >= 0.3 is 0 Å². The van der Waals surface area contributed by atoms with Crippen molar-refractivity contribution in [2.24, 2.45) is 5.41 Å². The van der Waals surface area contributed by atoms with E-state index in [9.17, 15) is 9.59 Å². The highest BCUT2D eigenvalue weighted by atomic mass is 16.2. The molecule has 26 heavy (non-hydrogen) atoms. The van der Waals surface area contributed by atoms with Crippen molar-refractivity contribution in [3.05, 3.63) is 23.3 Å². The Bertz CT molecular complexity index is 732. The fourth-order valence-corrected chi connectivity index (χ4v) is 3.83. The van der Waals surface area contributed by atoms with Crippen molar-refractivity contribution in [2.75, 3.05) is 10.6 Å². The highest BCUT2D eigenvalue weighted by molar-refractivity contribution is 6.03. The maximum absolute atomic E-state index is 13.1. The summed E-state index contributed by atoms with van der Waals surface area (Å²) in [7, 11) is 0. The van der Waals surface area contributed by atoms with Gasteiger partial charge in [-0.3, -0.25) is 9.59 Å². The third kappa shape index (κ3) is 4.77. The Labute approximate surface area is 157 Å². The van der Waals surface area contributed by atoms with Crippen molar-refractivity contribution in [3.8, 4) is 0 Å². The Morgan fingerprint density at radius 1 is 1.12 bits per heavy atom. The first-order valence-corrected chi connectivity index (χ1v) is 9.23. The number of fused-ring (bicyclic) bond motifs is 1. The Kier molecular flexibility index (Phi) is 5.15. The minimum atomic E-state index is -1.01. The number of anilines is 2. The zero-order valence-electron chi connectivity index (χ0n) is 17.4. The molecular weight excluding hydrogens is 326 g/mol. The van der Waals surface area contributed by atoms with Gasteiger partial charge < -0.3 is 16.0 Å². The second-order valence-electron chi connectivity index (χ2n) is 9.74. The highest BCUT2D eigenvalue weighted by Gasteiger charge is 2.41. The summed E-state index contributed by atoms with van der Waals surface area (Å²) in [5.41, 5.74) is 2.44. The second-order valence-corrected chi connectivity index (χ2v) is 9.74.